The first kappa shape index (κ1) is 25.0. The normalized spacial score (nSPS) is 14.6. The standard InChI is InChI=1S/C19H19FIN5OS.2ClH/c20-14-10-11(21)3-4-15(14)24-19-16(13-2-1-7-23-18(13)28-19)17(27)25-26-8-5-12(22)6-9-26;;/h1-4,7,10,12,24H,5-6,8-9,22H2,(H,25,27);2*1H. The summed E-state index contributed by atoms with van der Waals surface area (Å²) in [5, 5.41) is 6.29. The molecule has 0 radical (unpaired) electrons. The van der Waals surface area contributed by atoms with E-state index in [2.05, 4.69) is 38.3 Å². The highest BCUT2D eigenvalue weighted by Gasteiger charge is 2.24. The van der Waals surface area contributed by atoms with Crippen LogP contribution in [0, 0.1) is 9.39 Å². The van der Waals surface area contributed by atoms with E-state index in [1.807, 2.05) is 17.1 Å². The van der Waals surface area contributed by atoms with Crippen LogP contribution >= 0.6 is 58.7 Å². The Morgan fingerprint density at radius 1 is 1.27 bits per heavy atom. The van der Waals surface area contributed by atoms with Gasteiger partial charge in [-0.05, 0) is 65.8 Å². The monoisotopic (exact) mass is 583 g/mol. The Kier molecular flexibility index (Phi) is 9.07. The molecule has 0 saturated carbocycles. The number of piperidine rings is 1. The van der Waals surface area contributed by atoms with Crippen LogP contribution in [0.3, 0.4) is 0 Å². The second-order valence-corrected chi connectivity index (χ2v) is 8.92. The molecule has 3 aromatic rings. The molecule has 1 aliphatic heterocycles. The molecule has 0 aliphatic carbocycles. The van der Waals surface area contributed by atoms with E-state index >= 15 is 0 Å². The van der Waals surface area contributed by atoms with Crippen molar-refractivity contribution in [3.8, 4) is 0 Å². The Balaban J connectivity index is 0.00000160. The number of halogens is 4. The number of carbonyl (C=O) groups is 1. The number of nitrogens with zero attached hydrogens (tertiary/aromatic N) is 2. The summed E-state index contributed by atoms with van der Waals surface area (Å²) in [4.78, 5) is 18.2. The average Bonchev–Trinajstić information content (AvgIpc) is 3.04. The summed E-state index contributed by atoms with van der Waals surface area (Å²) in [6.45, 7) is 1.42. The molecule has 3 heterocycles. The summed E-state index contributed by atoms with van der Waals surface area (Å²) in [5.74, 6) is -0.600. The van der Waals surface area contributed by atoms with Crippen molar-refractivity contribution < 1.29 is 9.18 Å². The summed E-state index contributed by atoms with van der Waals surface area (Å²) >= 11 is 3.39. The van der Waals surface area contributed by atoms with Crippen LogP contribution in [0.5, 0.6) is 0 Å². The van der Waals surface area contributed by atoms with Gasteiger partial charge in [0.05, 0.1) is 11.3 Å². The SMILES string of the molecule is Cl.Cl.NC1CCN(NC(=O)c2c(Nc3ccc(I)cc3F)sc3ncccc23)CC1. The molecule has 162 valence electrons. The molecule has 1 fully saturated rings. The molecule has 0 atom stereocenters. The van der Waals surface area contributed by atoms with Crippen LogP contribution in [0.2, 0.25) is 0 Å². The summed E-state index contributed by atoms with van der Waals surface area (Å²) < 4.78 is 15.1. The topological polar surface area (TPSA) is 83.3 Å². The third kappa shape index (κ3) is 5.51. The Hall–Kier alpha value is -1.24. The number of amides is 1. The zero-order valence-corrected chi connectivity index (χ0v) is 20.3. The highest BCUT2D eigenvalue weighted by Crippen LogP contribution is 2.37. The molecule has 4 rings (SSSR count). The minimum Gasteiger partial charge on any atom is -0.344 e. The van der Waals surface area contributed by atoms with Crippen LogP contribution in [0.1, 0.15) is 23.2 Å². The fourth-order valence-corrected chi connectivity index (χ4v) is 4.68. The van der Waals surface area contributed by atoms with Crippen LogP contribution in [0.25, 0.3) is 10.2 Å². The predicted molar refractivity (Wildman–Crippen MR) is 133 cm³/mol. The minimum atomic E-state index is -0.367. The maximum absolute atomic E-state index is 14.3. The largest absolute Gasteiger partial charge is 0.344 e. The molecule has 1 aliphatic rings. The van der Waals surface area contributed by atoms with E-state index in [4.69, 9.17) is 5.73 Å². The molecule has 4 N–H and O–H groups in total. The van der Waals surface area contributed by atoms with Crippen LogP contribution in [-0.2, 0) is 0 Å². The summed E-state index contributed by atoms with van der Waals surface area (Å²) in [5.41, 5.74) is 9.70. The maximum Gasteiger partial charge on any atom is 0.269 e. The van der Waals surface area contributed by atoms with Crippen LogP contribution in [0.15, 0.2) is 36.5 Å². The van der Waals surface area contributed by atoms with Gasteiger partial charge in [-0.2, -0.15) is 0 Å². The molecule has 0 unspecified atom stereocenters. The number of benzene rings is 1. The lowest BCUT2D eigenvalue weighted by Crippen LogP contribution is -2.49. The average molecular weight is 584 g/mol. The second-order valence-electron chi connectivity index (χ2n) is 6.68. The van der Waals surface area contributed by atoms with Gasteiger partial charge in [-0.3, -0.25) is 10.2 Å². The fraction of sp³-hybridized carbons (Fsp3) is 0.263. The number of hydrazine groups is 1. The van der Waals surface area contributed by atoms with E-state index in [1.165, 1.54) is 17.4 Å². The first-order valence-corrected chi connectivity index (χ1v) is 10.8. The number of carbonyl (C=O) groups excluding carboxylic acids is 1. The van der Waals surface area contributed by atoms with Gasteiger partial charge < -0.3 is 11.1 Å². The number of pyridine rings is 1. The number of hydrogen-bond acceptors (Lipinski definition) is 6. The van der Waals surface area contributed by atoms with Gasteiger partial charge in [-0.1, -0.05) is 11.3 Å². The van der Waals surface area contributed by atoms with E-state index < -0.39 is 0 Å². The van der Waals surface area contributed by atoms with Gasteiger partial charge >= 0.3 is 0 Å². The van der Waals surface area contributed by atoms with Gasteiger partial charge in [0.1, 0.15) is 15.6 Å². The molecule has 1 aromatic carbocycles. The summed E-state index contributed by atoms with van der Waals surface area (Å²) in [6.07, 6.45) is 3.36. The molecule has 6 nitrogen and oxygen atoms in total. The highest BCUT2D eigenvalue weighted by molar-refractivity contribution is 14.1. The van der Waals surface area contributed by atoms with Gasteiger partial charge in [0.15, 0.2) is 0 Å². The third-order valence-corrected chi connectivity index (χ3v) is 6.37. The lowest BCUT2D eigenvalue weighted by molar-refractivity contribution is 0.0739. The number of thiophene rings is 1. The van der Waals surface area contributed by atoms with Gasteiger partial charge in [-0.25, -0.2) is 14.4 Å². The van der Waals surface area contributed by atoms with E-state index in [1.54, 1.807) is 18.3 Å². The van der Waals surface area contributed by atoms with Crippen LogP contribution in [0.4, 0.5) is 15.1 Å². The van der Waals surface area contributed by atoms with Crippen molar-refractivity contribution in [3.63, 3.8) is 0 Å². The van der Waals surface area contributed by atoms with Crippen molar-refractivity contribution in [1.82, 2.24) is 15.4 Å². The van der Waals surface area contributed by atoms with Crippen LogP contribution in [-0.4, -0.2) is 35.0 Å². The number of fused-ring (bicyclic) bond motifs is 1. The van der Waals surface area contributed by atoms with Crippen LogP contribution < -0.4 is 16.5 Å². The zero-order chi connectivity index (χ0) is 19.7. The molecule has 1 amide bonds. The van der Waals surface area contributed by atoms with E-state index in [0.717, 1.165) is 26.6 Å². The van der Waals surface area contributed by atoms with Crippen molar-refractivity contribution in [2.75, 3.05) is 18.4 Å². The van der Waals surface area contributed by atoms with E-state index in [9.17, 15) is 9.18 Å². The number of nitrogens with one attached hydrogen (secondary N) is 2. The predicted octanol–water partition coefficient (Wildman–Crippen LogP) is 4.70. The van der Waals surface area contributed by atoms with Gasteiger partial charge in [0.25, 0.3) is 5.91 Å². The molecule has 0 spiro atoms. The van der Waals surface area contributed by atoms with Gasteiger partial charge in [0.2, 0.25) is 0 Å². The lowest BCUT2D eigenvalue weighted by atomic mass is 10.1. The first-order valence-electron chi connectivity index (χ1n) is 8.92. The van der Waals surface area contributed by atoms with Crippen molar-refractivity contribution >= 4 is 85.6 Å². The molecule has 1 saturated heterocycles. The number of aromatic nitrogens is 1. The second kappa shape index (κ2) is 10.9. The lowest BCUT2D eigenvalue weighted by Gasteiger charge is -2.30. The highest BCUT2D eigenvalue weighted by atomic mass is 127. The Morgan fingerprint density at radius 3 is 2.70 bits per heavy atom. The Morgan fingerprint density at radius 2 is 2.00 bits per heavy atom. The zero-order valence-electron chi connectivity index (χ0n) is 15.7. The Bertz CT molecular complexity index is 1030. The molecular formula is C19H21Cl2FIN5OS. The molecule has 2 aromatic heterocycles. The quantitative estimate of drug-likeness (QED) is 0.388. The van der Waals surface area contributed by atoms with Crippen molar-refractivity contribution in [3.05, 3.63) is 51.5 Å². The van der Waals surface area contributed by atoms with Gasteiger partial charge in [-0.15, -0.1) is 24.8 Å². The third-order valence-electron chi connectivity index (χ3n) is 4.67. The molecule has 11 heteroatoms. The molecule has 30 heavy (non-hydrogen) atoms. The van der Waals surface area contributed by atoms with Crippen molar-refractivity contribution in [1.29, 1.82) is 0 Å². The number of hydrogen-bond donors (Lipinski definition) is 3. The maximum atomic E-state index is 14.3. The Labute approximate surface area is 203 Å². The van der Waals surface area contributed by atoms with Gasteiger partial charge in [0, 0.05) is 34.3 Å². The van der Waals surface area contributed by atoms with E-state index in [-0.39, 0.29) is 42.6 Å². The number of nitrogens with two attached hydrogens (primary N) is 1. The number of rotatable bonds is 4. The number of anilines is 2. The first-order chi connectivity index (χ1) is 13.5. The molecular weight excluding hydrogens is 563 g/mol. The smallest absolute Gasteiger partial charge is 0.269 e. The fourth-order valence-electron chi connectivity index (χ4n) is 3.17. The van der Waals surface area contributed by atoms with E-state index in [0.29, 0.717) is 29.3 Å². The van der Waals surface area contributed by atoms with Crippen molar-refractivity contribution in [2.45, 2.75) is 18.9 Å². The summed E-state index contributed by atoms with van der Waals surface area (Å²) in [7, 11) is 0. The van der Waals surface area contributed by atoms with Crippen molar-refractivity contribution in [2.24, 2.45) is 5.73 Å². The molecule has 0 bridgehead atoms. The minimum absolute atomic E-state index is 0. The summed E-state index contributed by atoms with van der Waals surface area (Å²) in [6, 6.07) is 8.76.